The number of nitriles is 1. The molecule has 0 aromatic rings. The quantitative estimate of drug-likeness (QED) is 0.666. The van der Waals surface area contributed by atoms with Crippen LogP contribution in [0.25, 0.3) is 0 Å². The standard InChI is InChI=1S/C11H20N2/c1-3-11-5-4-6-13(9-11)8-10(2)7-12/h10-11H,3-6,8-9H2,1-2H3. The highest BCUT2D eigenvalue weighted by Crippen LogP contribution is 2.19. The first kappa shape index (κ1) is 10.5. The third-order valence-corrected chi connectivity index (χ3v) is 2.93. The van der Waals surface area contributed by atoms with Crippen LogP contribution in [0.1, 0.15) is 33.1 Å². The van der Waals surface area contributed by atoms with E-state index < -0.39 is 0 Å². The van der Waals surface area contributed by atoms with Crippen LogP contribution < -0.4 is 0 Å². The highest BCUT2D eigenvalue weighted by molar-refractivity contribution is 4.83. The Hall–Kier alpha value is -0.550. The topological polar surface area (TPSA) is 27.0 Å². The van der Waals surface area contributed by atoms with Gasteiger partial charge in [0, 0.05) is 13.1 Å². The van der Waals surface area contributed by atoms with E-state index in [0.29, 0.717) is 0 Å². The van der Waals surface area contributed by atoms with Crippen LogP contribution in [0.3, 0.4) is 0 Å². The summed E-state index contributed by atoms with van der Waals surface area (Å²) in [5, 5.41) is 8.71. The molecule has 0 aliphatic carbocycles. The lowest BCUT2D eigenvalue weighted by Gasteiger charge is -2.32. The van der Waals surface area contributed by atoms with Crippen molar-refractivity contribution in [3.05, 3.63) is 0 Å². The van der Waals surface area contributed by atoms with Gasteiger partial charge in [0.1, 0.15) is 0 Å². The molecular weight excluding hydrogens is 160 g/mol. The predicted molar refractivity (Wildman–Crippen MR) is 54.2 cm³/mol. The Balaban J connectivity index is 2.30. The van der Waals surface area contributed by atoms with Gasteiger partial charge in [0.2, 0.25) is 0 Å². The predicted octanol–water partition coefficient (Wildman–Crippen LogP) is 2.27. The highest BCUT2D eigenvalue weighted by Gasteiger charge is 2.19. The number of hydrogen-bond acceptors (Lipinski definition) is 2. The molecule has 2 unspecified atom stereocenters. The molecule has 1 rings (SSSR count). The summed E-state index contributed by atoms with van der Waals surface area (Å²) in [6.07, 6.45) is 3.99. The number of nitrogens with zero attached hydrogens (tertiary/aromatic N) is 2. The van der Waals surface area contributed by atoms with Crippen LogP contribution in [0.5, 0.6) is 0 Å². The Bertz CT molecular complexity index is 183. The van der Waals surface area contributed by atoms with Crippen molar-refractivity contribution >= 4 is 0 Å². The minimum absolute atomic E-state index is 0.190. The van der Waals surface area contributed by atoms with Crippen molar-refractivity contribution in [2.75, 3.05) is 19.6 Å². The fraction of sp³-hybridized carbons (Fsp3) is 0.909. The van der Waals surface area contributed by atoms with E-state index >= 15 is 0 Å². The molecule has 0 amide bonds. The average Bonchev–Trinajstić information content (AvgIpc) is 2.18. The summed E-state index contributed by atoms with van der Waals surface area (Å²) in [4.78, 5) is 2.45. The molecule has 0 spiro atoms. The maximum atomic E-state index is 8.71. The van der Waals surface area contributed by atoms with E-state index in [-0.39, 0.29) is 5.92 Å². The minimum atomic E-state index is 0.190. The van der Waals surface area contributed by atoms with Crippen molar-refractivity contribution in [2.24, 2.45) is 11.8 Å². The lowest BCUT2D eigenvalue weighted by Crippen LogP contribution is -2.37. The van der Waals surface area contributed by atoms with Crippen molar-refractivity contribution in [1.82, 2.24) is 4.90 Å². The van der Waals surface area contributed by atoms with Crippen LogP contribution >= 0.6 is 0 Å². The average molecular weight is 180 g/mol. The third-order valence-electron chi connectivity index (χ3n) is 2.93. The molecule has 0 aromatic heterocycles. The molecule has 1 fully saturated rings. The molecule has 1 aliphatic heterocycles. The molecule has 74 valence electrons. The third kappa shape index (κ3) is 3.36. The SMILES string of the molecule is CCC1CCCN(CC(C)C#N)C1. The van der Waals surface area contributed by atoms with Gasteiger partial charge in [-0.2, -0.15) is 5.26 Å². The maximum Gasteiger partial charge on any atom is 0.0666 e. The number of likely N-dealkylation sites (tertiary alicyclic amines) is 1. The summed E-state index contributed by atoms with van der Waals surface area (Å²) >= 11 is 0. The molecule has 13 heavy (non-hydrogen) atoms. The number of hydrogen-bond donors (Lipinski definition) is 0. The molecule has 2 atom stereocenters. The Morgan fingerprint density at radius 3 is 3.00 bits per heavy atom. The van der Waals surface area contributed by atoms with Gasteiger partial charge in [0.25, 0.3) is 0 Å². The smallest absolute Gasteiger partial charge is 0.0666 e. The van der Waals surface area contributed by atoms with Crippen LogP contribution in [0.2, 0.25) is 0 Å². The fourth-order valence-corrected chi connectivity index (χ4v) is 2.08. The summed E-state index contributed by atoms with van der Waals surface area (Å²) in [7, 11) is 0. The van der Waals surface area contributed by atoms with Crippen LogP contribution in [0.4, 0.5) is 0 Å². The minimum Gasteiger partial charge on any atom is -0.302 e. The molecule has 1 aliphatic rings. The van der Waals surface area contributed by atoms with E-state index in [9.17, 15) is 0 Å². The van der Waals surface area contributed by atoms with E-state index in [1.807, 2.05) is 6.92 Å². The van der Waals surface area contributed by atoms with E-state index in [2.05, 4.69) is 17.9 Å². The molecular formula is C11H20N2. The van der Waals surface area contributed by atoms with Gasteiger partial charge in [-0.3, -0.25) is 0 Å². The van der Waals surface area contributed by atoms with Crippen molar-refractivity contribution in [3.63, 3.8) is 0 Å². The summed E-state index contributed by atoms with van der Waals surface area (Å²) in [5.74, 6) is 1.07. The van der Waals surface area contributed by atoms with Crippen LogP contribution in [0, 0.1) is 23.2 Å². The molecule has 0 radical (unpaired) electrons. The Morgan fingerprint density at radius 2 is 2.38 bits per heavy atom. The zero-order valence-corrected chi connectivity index (χ0v) is 8.79. The second kappa shape index (κ2) is 5.24. The molecule has 0 bridgehead atoms. The highest BCUT2D eigenvalue weighted by atomic mass is 15.1. The molecule has 0 saturated carbocycles. The molecule has 1 saturated heterocycles. The second-order valence-corrected chi connectivity index (χ2v) is 4.21. The zero-order chi connectivity index (χ0) is 9.68. The number of rotatable bonds is 3. The lowest BCUT2D eigenvalue weighted by atomic mass is 9.95. The van der Waals surface area contributed by atoms with Gasteiger partial charge < -0.3 is 4.90 Å². The zero-order valence-electron chi connectivity index (χ0n) is 8.79. The second-order valence-electron chi connectivity index (χ2n) is 4.21. The Kier molecular flexibility index (Phi) is 4.24. The summed E-state index contributed by atoms with van der Waals surface area (Å²) in [6.45, 7) is 7.65. The summed E-state index contributed by atoms with van der Waals surface area (Å²) in [6, 6.07) is 2.30. The molecule has 2 heteroatoms. The van der Waals surface area contributed by atoms with Crippen molar-refractivity contribution in [2.45, 2.75) is 33.1 Å². The molecule has 1 heterocycles. The normalized spacial score (nSPS) is 26.7. The van der Waals surface area contributed by atoms with E-state index in [1.165, 1.54) is 32.4 Å². The van der Waals surface area contributed by atoms with Gasteiger partial charge in [-0.25, -0.2) is 0 Å². The number of piperidine rings is 1. The first-order valence-electron chi connectivity index (χ1n) is 5.38. The van der Waals surface area contributed by atoms with Gasteiger partial charge in [0.05, 0.1) is 12.0 Å². The Morgan fingerprint density at radius 1 is 1.62 bits per heavy atom. The monoisotopic (exact) mass is 180 g/mol. The van der Waals surface area contributed by atoms with Crippen LogP contribution in [-0.4, -0.2) is 24.5 Å². The van der Waals surface area contributed by atoms with Crippen molar-refractivity contribution in [1.29, 1.82) is 5.26 Å². The molecule has 0 N–H and O–H groups in total. The molecule has 0 aromatic carbocycles. The van der Waals surface area contributed by atoms with E-state index in [0.717, 1.165) is 12.5 Å². The van der Waals surface area contributed by atoms with Gasteiger partial charge >= 0.3 is 0 Å². The first-order chi connectivity index (χ1) is 6.26. The summed E-state index contributed by atoms with van der Waals surface area (Å²) in [5.41, 5.74) is 0. The molecule has 2 nitrogen and oxygen atoms in total. The lowest BCUT2D eigenvalue weighted by molar-refractivity contribution is 0.162. The first-order valence-corrected chi connectivity index (χ1v) is 5.38. The van der Waals surface area contributed by atoms with Crippen LogP contribution in [-0.2, 0) is 0 Å². The van der Waals surface area contributed by atoms with Crippen molar-refractivity contribution < 1.29 is 0 Å². The van der Waals surface area contributed by atoms with Crippen LogP contribution in [0.15, 0.2) is 0 Å². The fourth-order valence-electron chi connectivity index (χ4n) is 2.08. The van der Waals surface area contributed by atoms with Gasteiger partial charge in [-0.15, -0.1) is 0 Å². The van der Waals surface area contributed by atoms with Gasteiger partial charge in [-0.05, 0) is 32.2 Å². The maximum absolute atomic E-state index is 8.71. The van der Waals surface area contributed by atoms with Gasteiger partial charge in [-0.1, -0.05) is 13.3 Å². The van der Waals surface area contributed by atoms with Crippen molar-refractivity contribution in [3.8, 4) is 6.07 Å². The summed E-state index contributed by atoms with van der Waals surface area (Å²) < 4.78 is 0. The van der Waals surface area contributed by atoms with Gasteiger partial charge in [0.15, 0.2) is 0 Å². The Labute approximate surface area is 81.5 Å². The van der Waals surface area contributed by atoms with E-state index in [1.54, 1.807) is 0 Å². The largest absolute Gasteiger partial charge is 0.302 e. The van der Waals surface area contributed by atoms with E-state index in [4.69, 9.17) is 5.26 Å².